The van der Waals surface area contributed by atoms with Crippen LogP contribution in [-0.4, -0.2) is 20.3 Å². The van der Waals surface area contributed by atoms with Gasteiger partial charge >= 0.3 is 0 Å². The van der Waals surface area contributed by atoms with Crippen LogP contribution in [0, 0.1) is 6.92 Å². The van der Waals surface area contributed by atoms with Crippen LogP contribution in [0.3, 0.4) is 0 Å². The Kier molecular flexibility index (Phi) is 3.35. The van der Waals surface area contributed by atoms with E-state index in [-0.39, 0.29) is 17.2 Å². The van der Waals surface area contributed by atoms with E-state index in [1.165, 1.54) is 12.3 Å². The molecule has 0 aliphatic rings. The van der Waals surface area contributed by atoms with Crippen molar-refractivity contribution in [1.29, 1.82) is 0 Å². The van der Waals surface area contributed by atoms with Crippen LogP contribution < -0.4 is 0 Å². The van der Waals surface area contributed by atoms with Gasteiger partial charge in [-0.2, -0.15) is 0 Å². The molecular formula is C20H15NO4. The van der Waals surface area contributed by atoms with Crippen LogP contribution in [0.4, 0.5) is 0 Å². The number of nitrogens with zero attached hydrogens (tertiary/aromatic N) is 1. The zero-order chi connectivity index (χ0) is 17.6. The van der Waals surface area contributed by atoms with Gasteiger partial charge < -0.3 is 19.7 Å². The van der Waals surface area contributed by atoms with Gasteiger partial charge in [0.1, 0.15) is 5.75 Å². The zero-order valence-electron chi connectivity index (χ0n) is 13.4. The Bertz CT molecular complexity index is 1100. The van der Waals surface area contributed by atoms with Crippen LogP contribution in [0.5, 0.6) is 17.2 Å². The zero-order valence-corrected chi connectivity index (χ0v) is 13.4. The summed E-state index contributed by atoms with van der Waals surface area (Å²) in [7, 11) is 0. The highest BCUT2D eigenvalue weighted by atomic mass is 16.4. The highest BCUT2D eigenvalue weighted by Gasteiger charge is 2.16. The molecule has 0 bridgehead atoms. The molecule has 25 heavy (non-hydrogen) atoms. The number of fused-ring (bicyclic) bond motifs is 1. The van der Waals surface area contributed by atoms with Gasteiger partial charge in [0.25, 0.3) is 0 Å². The average Bonchev–Trinajstić information content (AvgIpc) is 3.07. The third kappa shape index (κ3) is 2.46. The smallest absolute Gasteiger partial charge is 0.227 e. The lowest BCUT2D eigenvalue weighted by molar-refractivity contribution is 0.404. The summed E-state index contributed by atoms with van der Waals surface area (Å²) in [5.74, 6) is 0.443. The third-order valence-corrected chi connectivity index (χ3v) is 4.21. The lowest BCUT2D eigenvalue weighted by Crippen LogP contribution is -1.83. The van der Waals surface area contributed by atoms with Crippen molar-refractivity contribution in [2.45, 2.75) is 6.92 Å². The maximum absolute atomic E-state index is 10.0. The molecule has 4 aromatic rings. The first-order chi connectivity index (χ1) is 12.0. The van der Waals surface area contributed by atoms with Crippen molar-refractivity contribution in [3.05, 3.63) is 60.3 Å². The molecule has 0 fully saturated rings. The topological polar surface area (TPSA) is 86.7 Å². The predicted molar refractivity (Wildman–Crippen MR) is 94.6 cm³/mol. The molecule has 0 spiro atoms. The van der Waals surface area contributed by atoms with Crippen molar-refractivity contribution in [1.82, 2.24) is 4.98 Å². The van der Waals surface area contributed by atoms with Gasteiger partial charge in [-0.25, -0.2) is 4.98 Å². The molecule has 4 rings (SSSR count). The lowest BCUT2D eigenvalue weighted by atomic mass is 10.0. The van der Waals surface area contributed by atoms with E-state index in [2.05, 4.69) is 4.98 Å². The third-order valence-electron chi connectivity index (χ3n) is 4.21. The number of phenols is 3. The van der Waals surface area contributed by atoms with Crippen LogP contribution in [0.1, 0.15) is 5.56 Å². The largest absolute Gasteiger partial charge is 0.508 e. The first-order valence-corrected chi connectivity index (χ1v) is 7.74. The van der Waals surface area contributed by atoms with Gasteiger partial charge in [-0.1, -0.05) is 18.2 Å². The van der Waals surface area contributed by atoms with Crippen LogP contribution in [-0.2, 0) is 0 Å². The first kappa shape index (κ1) is 15.1. The Morgan fingerprint density at radius 3 is 2.48 bits per heavy atom. The summed E-state index contributed by atoms with van der Waals surface area (Å²) in [5, 5.41) is 31.5. The molecule has 1 aromatic heterocycles. The molecule has 1 heterocycles. The van der Waals surface area contributed by atoms with Crippen molar-refractivity contribution >= 4 is 10.8 Å². The number of para-hydroxylation sites is 1. The summed E-state index contributed by atoms with van der Waals surface area (Å²) < 4.78 is 5.81. The lowest BCUT2D eigenvalue weighted by Gasteiger charge is -2.06. The molecule has 0 unspecified atom stereocenters. The van der Waals surface area contributed by atoms with E-state index in [9.17, 15) is 15.3 Å². The summed E-state index contributed by atoms with van der Waals surface area (Å²) >= 11 is 0. The van der Waals surface area contributed by atoms with Crippen molar-refractivity contribution < 1.29 is 19.7 Å². The average molecular weight is 333 g/mol. The van der Waals surface area contributed by atoms with Crippen LogP contribution in [0.25, 0.3) is 33.6 Å². The van der Waals surface area contributed by atoms with E-state index in [1.807, 2.05) is 31.2 Å². The molecular weight excluding hydrogens is 318 g/mol. The fraction of sp³-hybridized carbons (Fsp3) is 0.0500. The molecule has 0 atom stereocenters. The summed E-state index contributed by atoms with van der Waals surface area (Å²) in [6, 6.07) is 13.9. The van der Waals surface area contributed by atoms with Crippen molar-refractivity contribution in [3.63, 3.8) is 0 Å². The Hall–Kier alpha value is -3.47. The molecule has 5 nitrogen and oxygen atoms in total. The molecule has 0 saturated carbocycles. The highest BCUT2D eigenvalue weighted by Crippen LogP contribution is 2.39. The fourth-order valence-electron chi connectivity index (χ4n) is 2.87. The minimum atomic E-state index is -0.253. The molecule has 124 valence electrons. The monoisotopic (exact) mass is 333 g/mol. The number of rotatable bonds is 2. The summed E-state index contributed by atoms with van der Waals surface area (Å²) in [6.07, 6.45) is 1.50. The number of aryl methyl sites for hydroxylation is 1. The second-order valence-electron chi connectivity index (χ2n) is 5.87. The SMILES string of the molecule is Cc1cc2cccc(-c3ncc(-c4cccc(O)c4O)o3)c2cc1O. The maximum atomic E-state index is 10.0. The van der Waals surface area contributed by atoms with Crippen LogP contribution >= 0.6 is 0 Å². The number of aromatic nitrogens is 1. The maximum Gasteiger partial charge on any atom is 0.227 e. The quantitative estimate of drug-likeness (QED) is 0.467. The standard InChI is InChI=1S/C20H15NO4/c1-11-8-12-4-2-5-13(15(12)9-17(11)23)20-21-10-18(25-20)14-6-3-7-16(22)19(14)24/h2-10,22-24H,1H3. The predicted octanol–water partition coefficient (Wildman–Crippen LogP) is 4.59. The number of hydrogen-bond donors (Lipinski definition) is 3. The van der Waals surface area contributed by atoms with Gasteiger partial charge in [-0.05, 0) is 53.6 Å². The van der Waals surface area contributed by atoms with Crippen molar-refractivity contribution in [2.24, 2.45) is 0 Å². The fourth-order valence-corrected chi connectivity index (χ4v) is 2.87. The van der Waals surface area contributed by atoms with Gasteiger partial charge in [0.15, 0.2) is 17.3 Å². The minimum absolute atomic E-state index is 0.206. The Labute approximate surface area is 143 Å². The van der Waals surface area contributed by atoms with Crippen LogP contribution in [0.15, 0.2) is 59.1 Å². The van der Waals surface area contributed by atoms with E-state index < -0.39 is 0 Å². The van der Waals surface area contributed by atoms with E-state index in [0.717, 1.165) is 21.9 Å². The van der Waals surface area contributed by atoms with E-state index in [1.54, 1.807) is 18.2 Å². The normalized spacial score (nSPS) is 11.1. The van der Waals surface area contributed by atoms with Gasteiger partial charge in [-0.15, -0.1) is 0 Å². The highest BCUT2D eigenvalue weighted by molar-refractivity contribution is 5.96. The molecule has 0 aliphatic carbocycles. The first-order valence-electron chi connectivity index (χ1n) is 7.74. The van der Waals surface area contributed by atoms with E-state index in [4.69, 9.17) is 4.42 Å². The molecule has 0 radical (unpaired) electrons. The minimum Gasteiger partial charge on any atom is -0.508 e. The Morgan fingerprint density at radius 2 is 1.64 bits per heavy atom. The molecule has 5 heteroatoms. The van der Waals surface area contributed by atoms with Gasteiger partial charge in [0.05, 0.1) is 11.8 Å². The molecule has 0 aliphatic heterocycles. The summed E-state index contributed by atoms with van der Waals surface area (Å²) in [5.41, 5.74) is 1.89. The number of aromatic hydroxyl groups is 3. The molecule has 3 N–H and O–H groups in total. The van der Waals surface area contributed by atoms with Gasteiger partial charge in [0, 0.05) is 5.56 Å². The Balaban J connectivity index is 1.87. The number of phenolic OH excluding ortho intramolecular Hbond substituents is 3. The van der Waals surface area contributed by atoms with Crippen molar-refractivity contribution in [3.8, 4) is 40.0 Å². The van der Waals surface area contributed by atoms with Gasteiger partial charge in [0.2, 0.25) is 5.89 Å². The van der Waals surface area contributed by atoms with E-state index >= 15 is 0 Å². The summed E-state index contributed by atoms with van der Waals surface area (Å²) in [4.78, 5) is 4.29. The van der Waals surface area contributed by atoms with Gasteiger partial charge in [-0.3, -0.25) is 0 Å². The molecule has 0 amide bonds. The molecule has 3 aromatic carbocycles. The second kappa shape index (κ2) is 5.56. The van der Waals surface area contributed by atoms with Crippen LogP contribution in [0.2, 0.25) is 0 Å². The molecule has 0 saturated heterocycles. The number of hydrogen-bond acceptors (Lipinski definition) is 5. The van der Waals surface area contributed by atoms with Crippen molar-refractivity contribution in [2.75, 3.05) is 0 Å². The summed E-state index contributed by atoms with van der Waals surface area (Å²) in [6.45, 7) is 1.84. The number of oxazole rings is 1. The van der Waals surface area contributed by atoms with E-state index in [0.29, 0.717) is 17.2 Å². The number of benzene rings is 3. The second-order valence-corrected chi connectivity index (χ2v) is 5.87. The Morgan fingerprint density at radius 1 is 0.880 bits per heavy atom.